The molecule has 5 nitrogen and oxygen atoms in total. The zero-order chi connectivity index (χ0) is 13.8. The summed E-state index contributed by atoms with van der Waals surface area (Å²) in [5.41, 5.74) is 5.25. The van der Waals surface area contributed by atoms with Crippen LogP contribution in [0.5, 0.6) is 0 Å². The highest BCUT2D eigenvalue weighted by atomic mass is 31.2. The summed E-state index contributed by atoms with van der Waals surface area (Å²) in [6.45, 7) is 6.65. The van der Waals surface area contributed by atoms with E-state index in [0.717, 1.165) is 19.3 Å². The van der Waals surface area contributed by atoms with Gasteiger partial charge >= 0.3 is 7.82 Å². The Morgan fingerprint density at radius 3 is 2.67 bits per heavy atom. The molecule has 0 bridgehead atoms. The van der Waals surface area contributed by atoms with E-state index in [2.05, 4.69) is 20.8 Å². The fourth-order valence-electron chi connectivity index (χ4n) is 2.61. The first-order valence-electron chi connectivity index (χ1n) is 6.71. The van der Waals surface area contributed by atoms with E-state index in [1.165, 1.54) is 0 Å². The van der Waals surface area contributed by atoms with Crippen LogP contribution in [0, 0.1) is 17.8 Å². The van der Waals surface area contributed by atoms with Gasteiger partial charge in [0.2, 0.25) is 0 Å². The van der Waals surface area contributed by atoms with Crippen LogP contribution in [0.2, 0.25) is 0 Å². The molecule has 3 N–H and O–H groups in total. The SMILES string of the molecule is CC1CCC(C(C)C)C(OP(=O)(O)OCCN)C1. The van der Waals surface area contributed by atoms with Gasteiger partial charge in [-0.1, -0.05) is 27.2 Å². The zero-order valence-electron chi connectivity index (χ0n) is 11.5. The summed E-state index contributed by atoms with van der Waals surface area (Å²) in [7, 11) is -3.96. The van der Waals surface area contributed by atoms with Gasteiger partial charge in [-0.15, -0.1) is 0 Å². The van der Waals surface area contributed by atoms with Crippen LogP contribution in [-0.4, -0.2) is 24.1 Å². The van der Waals surface area contributed by atoms with Crippen molar-refractivity contribution in [2.75, 3.05) is 13.2 Å². The van der Waals surface area contributed by atoms with Crippen LogP contribution < -0.4 is 5.73 Å². The van der Waals surface area contributed by atoms with E-state index in [-0.39, 0.29) is 19.3 Å². The quantitative estimate of drug-likeness (QED) is 0.730. The van der Waals surface area contributed by atoms with Gasteiger partial charge in [0.15, 0.2) is 0 Å². The molecule has 1 aliphatic rings. The molecular weight excluding hydrogens is 253 g/mol. The second kappa shape index (κ2) is 7.01. The number of rotatable bonds is 6. The van der Waals surface area contributed by atoms with Crippen molar-refractivity contribution in [3.63, 3.8) is 0 Å². The van der Waals surface area contributed by atoms with Crippen molar-refractivity contribution in [2.45, 2.75) is 46.1 Å². The maximum atomic E-state index is 11.8. The van der Waals surface area contributed by atoms with E-state index in [1.807, 2.05) is 0 Å². The van der Waals surface area contributed by atoms with Crippen molar-refractivity contribution in [2.24, 2.45) is 23.5 Å². The second-order valence-electron chi connectivity index (χ2n) is 5.56. The minimum Gasteiger partial charge on any atom is -0.328 e. The summed E-state index contributed by atoms with van der Waals surface area (Å²) in [4.78, 5) is 9.64. The maximum absolute atomic E-state index is 11.8. The summed E-state index contributed by atoms with van der Waals surface area (Å²) < 4.78 is 21.9. The highest BCUT2D eigenvalue weighted by Crippen LogP contribution is 2.49. The smallest absolute Gasteiger partial charge is 0.328 e. The Morgan fingerprint density at radius 1 is 1.44 bits per heavy atom. The van der Waals surface area contributed by atoms with Crippen molar-refractivity contribution in [3.8, 4) is 0 Å². The first-order valence-corrected chi connectivity index (χ1v) is 8.21. The van der Waals surface area contributed by atoms with Gasteiger partial charge in [0.1, 0.15) is 0 Å². The van der Waals surface area contributed by atoms with Crippen LogP contribution >= 0.6 is 7.82 Å². The molecule has 1 aliphatic carbocycles. The summed E-state index contributed by atoms with van der Waals surface area (Å²) in [5.74, 6) is 1.29. The van der Waals surface area contributed by atoms with Crippen LogP contribution in [0.25, 0.3) is 0 Å². The number of phosphoric ester groups is 1. The van der Waals surface area contributed by atoms with Gasteiger partial charge in [0.05, 0.1) is 12.7 Å². The molecule has 1 rings (SSSR count). The van der Waals surface area contributed by atoms with E-state index in [1.54, 1.807) is 0 Å². The van der Waals surface area contributed by atoms with Crippen LogP contribution in [0.3, 0.4) is 0 Å². The lowest BCUT2D eigenvalue weighted by Crippen LogP contribution is -2.33. The highest BCUT2D eigenvalue weighted by Gasteiger charge is 2.36. The van der Waals surface area contributed by atoms with E-state index in [0.29, 0.717) is 17.8 Å². The van der Waals surface area contributed by atoms with E-state index >= 15 is 0 Å². The molecule has 0 aromatic rings. The lowest BCUT2D eigenvalue weighted by Gasteiger charge is -2.37. The van der Waals surface area contributed by atoms with Gasteiger partial charge in [-0.3, -0.25) is 9.05 Å². The van der Waals surface area contributed by atoms with E-state index in [4.69, 9.17) is 14.8 Å². The average Bonchev–Trinajstić information content (AvgIpc) is 2.25. The number of hydrogen-bond donors (Lipinski definition) is 2. The molecule has 0 aromatic carbocycles. The van der Waals surface area contributed by atoms with Crippen molar-refractivity contribution < 1.29 is 18.5 Å². The molecule has 0 aliphatic heterocycles. The van der Waals surface area contributed by atoms with Crippen LogP contribution in [0.1, 0.15) is 40.0 Å². The topological polar surface area (TPSA) is 81.8 Å². The Hall–Kier alpha value is 0.0700. The van der Waals surface area contributed by atoms with Crippen LogP contribution in [0.4, 0.5) is 0 Å². The van der Waals surface area contributed by atoms with Gasteiger partial charge in [0, 0.05) is 6.54 Å². The Bertz CT molecular complexity index is 298. The van der Waals surface area contributed by atoms with Gasteiger partial charge in [-0.25, -0.2) is 4.57 Å². The van der Waals surface area contributed by atoms with E-state index < -0.39 is 7.82 Å². The third-order valence-corrected chi connectivity index (χ3v) is 4.65. The summed E-state index contributed by atoms with van der Waals surface area (Å²) in [6, 6.07) is 0. The minimum atomic E-state index is -3.96. The predicted octanol–water partition coefficient (Wildman–Crippen LogP) is 2.54. The summed E-state index contributed by atoms with van der Waals surface area (Å²) >= 11 is 0. The normalized spacial score (nSPS) is 32.4. The average molecular weight is 279 g/mol. The van der Waals surface area contributed by atoms with Crippen LogP contribution in [-0.2, 0) is 13.6 Å². The lowest BCUT2D eigenvalue weighted by atomic mass is 9.75. The fraction of sp³-hybridized carbons (Fsp3) is 1.00. The van der Waals surface area contributed by atoms with Gasteiger partial charge in [-0.2, -0.15) is 0 Å². The maximum Gasteiger partial charge on any atom is 0.472 e. The largest absolute Gasteiger partial charge is 0.472 e. The molecule has 18 heavy (non-hydrogen) atoms. The molecule has 0 aromatic heterocycles. The molecular formula is C12H26NO4P. The monoisotopic (exact) mass is 279 g/mol. The molecule has 1 saturated carbocycles. The molecule has 0 spiro atoms. The number of phosphoric acid groups is 1. The fourth-order valence-corrected chi connectivity index (χ4v) is 3.59. The van der Waals surface area contributed by atoms with Crippen molar-refractivity contribution in [3.05, 3.63) is 0 Å². The molecule has 0 amide bonds. The van der Waals surface area contributed by atoms with Crippen LogP contribution in [0.15, 0.2) is 0 Å². The number of nitrogens with two attached hydrogens (primary N) is 1. The molecule has 0 heterocycles. The molecule has 108 valence electrons. The number of hydrogen-bond acceptors (Lipinski definition) is 4. The van der Waals surface area contributed by atoms with Crippen molar-refractivity contribution in [1.29, 1.82) is 0 Å². The third-order valence-electron chi connectivity index (χ3n) is 3.60. The van der Waals surface area contributed by atoms with Gasteiger partial charge in [0.25, 0.3) is 0 Å². The summed E-state index contributed by atoms with van der Waals surface area (Å²) in [5, 5.41) is 0. The molecule has 4 atom stereocenters. The van der Waals surface area contributed by atoms with Gasteiger partial charge < -0.3 is 10.6 Å². The van der Waals surface area contributed by atoms with Crippen molar-refractivity contribution in [1.82, 2.24) is 0 Å². The first kappa shape index (κ1) is 16.1. The molecule has 0 saturated heterocycles. The predicted molar refractivity (Wildman–Crippen MR) is 71.0 cm³/mol. The highest BCUT2D eigenvalue weighted by molar-refractivity contribution is 7.47. The molecule has 4 unspecified atom stereocenters. The zero-order valence-corrected chi connectivity index (χ0v) is 12.4. The minimum absolute atomic E-state index is 0.0440. The molecule has 6 heteroatoms. The Labute approximate surface area is 110 Å². The molecule has 0 radical (unpaired) electrons. The van der Waals surface area contributed by atoms with Gasteiger partial charge in [-0.05, 0) is 30.6 Å². The first-order chi connectivity index (χ1) is 8.35. The Kier molecular flexibility index (Phi) is 6.28. The Morgan fingerprint density at radius 2 is 2.11 bits per heavy atom. The van der Waals surface area contributed by atoms with E-state index in [9.17, 15) is 9.46 Å². The molecule has 1 fully saturated rings. The third kappa shape index (κ3) is 4.98. The Balaban J connectivity index is 2.62. The lowest BCUT2D eigenvalue weighted by molar-refractivity contribution is 0.0148. The summed E-state index contributed by atoms with van der Waals surface area (Å²) in [6.07, 6.45) is 2.82. The second-order valence-corrected chi connectivity index (χ2v) is 6.97. The standard InChI is InChI=1S/C12H26NO4P/c1-9(2)11-5-4-10(3)8-12(11)17-18(14,15)16-7-6-13/h9-12H,4-8,13H2,1-3H3,(H,14,15). The van der Waals surface area contributed by atoms with Crippen molar-refractivity contribution >= 4 is 7.82 Å².